The molecule has 0 aliphatic carbocycles. The maximum Gasteiger partial charge on any atom is 0.412 e. The van der Waals surface area contributed by atoms with E-state index in [0.29, 0.717) is 5.03 Å². The van der Waals surface area contributed by atoms with E-state index in [-0.39, 0.29) is 18.8 Å². The summed E-state index contributed by atoms with van der Waals surface area (Å²) < 4.78 is 15.1. The lowest BCUT2D eigenvalue weighted by atomic mass is 10.1. The first kappa shape index (κ1) is 20.1. The molecule has 1 amide bonds. The van der Waals surface area contributed by atoms with E-state index >= 15 is 0 Å². The largest absolute Gasteiger partial charge is 0.465 e. The van der Waals surface area contributed by atoms with E-state index in [9.17, 15) is 14.4 Å². The van der Waals surface area contributed by atoms with Crippen LogP contribution < -0.4 is 5.32 Å². The Morgan fingerprint density at radius 2 is 1.75 bits per heavy atom. The molecular weight excluding hydrogens is 334 g/mol. The molecule has 0 radical (unpaired) electrons. The molecule has 1 atom stereocenters. The fourth-order valence-corrected chi connectivity index (χ4v) is 2.75. The van der Waals surface area contributed by atoms with Crippen LogP contribution in [0.3, 0.4) is 0 Å². The number of alkyl carbamates (subject to hydrolysis) is 1. The summed E-state index contributed by atoms with van der Waals surface area (Å²) in [5.41, 5.74) is -0.466. The summed E-state index contributed by atoms with van der Waals surface area (Å²) in [4.78, 5) is 35.9. The quantitative estimate of drug-likeness (QED) is 0.597. The molecule has 8 heteroatoms. The molecule has 1 N–H and O–H groups in total. The fourth-order valence-electron chi connectivity index (χ4n) is 1.74. The zero-order valence-electron chi connectivity index (χ0n) is 14.5. The van der Waals surface area contributed by atoms with Crippen molar-refractivity contribution < 1.29 is 28.6 Å². The number of rotatable bonds is 5. The van der Waals surface area contributed by atoms with Crippen LogP contribution in [0.4, 0.5) is 4.79 Å². The molecule has 0 saturated carbocycles. The SMILES string of the molecule is CCOC(=O)C1=CC=C(NC(=O)OC(C)(C)C)SC1C(=O)OCC. The van der Waals surface area contributed by atoms with Crippen LogP contribution in [0.2, 0.25) is 0 Å². The number of carbonyl (C=O) groups excluding carboxylic acids is 3. The Morgan fingerprint density at radius 3 is 2.29 bits per heavy atom. The predicted molar refractivity (Wildman–Crippen MR) is 90.2 cm³/mol. The third kappa shape index (κ3) is 6.27. The van der Waals surface area contributed by atoms with Gasteiger partial charge in [0.1, 0.15) is 10.9 Å². The second-order valence-electron chi connectivity index (χ2n) is 5.75. The molecule has 0 bridgehead atoms. The minimum Gasteiger partial charge on any atom is -0.465 e. The van der Waals surface area contributed by atoms with Crippen molar-refractivity contribution in [1.29, 1.82) is 0 Å². The van der Waals surface area contributed by atoms with Crippen molar-refractivity contribution in [2.75, 3.05) is 13.2 Å². The predicted octanol–water partition coefficient (Wildman–Crippen LogP) is 2.52. The van der Waals surface area contributed by atoms with Gasteiger partial charge in [-0.3, -0.25) is 10.1 Å². The van der Waals surface area contributed by atoms with Crippen molar-refractivity contribution in [2.45, 2.75) is 45.5 Å². The number of thioether (sulfide) groups is 1. The van der Waals surface area contributed by atoms with Crippen molar-refractivity contribution in [2.24, 2.45) is 0 Å². The van der Waals surface area contributed by atoms with Crippen molar-refractivity contribution >= 4 is 29.8 Å². The maximum absolute atomic E-state index is 12.1. The average Bonchev–Trinajstić information content (AvgIpc) is 2.45. The van der Waals surface area contributed by atoms with Gasteiger partial charge in [0.25, 0.3) is 0 Å². The summed E-state index contributed by atoms with van der Waals surface area (Å²) in [7, 11) is 0. The van der Waals surface area contributed by atoms with Crippen LogP contribution in [0.15, 0.2) is 22.8 Å². The van der Waals surface area contributed by atoms with E-state index in [1.54, 1.807) is 34.6 Å². The third-order valence-electron chi connectivity index (χ3n) is 2.58. The van der Waals surface area contributed by atoms with Gasteiger partial charge in [-0.15, -0.1) is 0 Å². The lowest BCUT2D eigenvalue weighted by molar-refractivity contribution is -0.145. The van der Waals surface area contributed by atoms with Gasteiger partial charge in [0.15, 0.2) is 0 Å². The average molecular weight is 357 g/mol. The molecule has 1 rings (SSSR count). The highest BCUT2D eigenvalue weighted by Crippen LogP contribution is 2.32. The Morgan fingerprint density at radius 1 is 1.12 bits per heavy atom. The molecule has 0 aromatic carbocycles. The Labute approximate surface area is 145 Å². The van der Waals surface area contributed by atoms with Gasteiger partial charge >= 0.3 is 18.0 Å². The first-order chi connectivity index (χ1) is 11.2. The number of hydrogen-bond acceptors (Lipinski definition) is 7. The Hall–Kier alpha value is -1.96. The molecule has 134 valence electrons. The molecule has 7 nitrogen and oxygen atoms in total. The second kappa shape index (κ2) is 8.77. The summed E-state index contributed by atoms with van der Waals surface area (Å²) in [6.07, 6.45) is 2.33. The standard InChI is InChI=1S/C16H23NO6S/c1-6-21-13(18)10-8-9-11(17-15(20)23-16(3,4)5)24-12(10)14(19)22-7-2/h8-9,12H,6-7H2,1-5H3,(H,17,20). The Kier molecular flexibility index (Phi) is 7.34. The first-order valence-corrected chi connectivity index (χ1v) is 8.48. The van der Waals surface area contributed by atoms with E-state index in [0.717, 1.165) is 11.8 Å². The molecule has 0 aromatic heterocycles. The lowest BCUT2D eigenvalue weighted by Gasteiger charge is -2.24. The smallest absolute Gasteiger partial charge is 0.412 e. The van der Waals surface area contributed by atoms with Gasteiger partial charge < -0.3 is 14.2 Å². The van der Waals surface area contributed by atoms with Crippen LogP contribution in [0, 0.1) is 0 Å². The van der Waals surface area contributed by atoms with Gasteiger partial charge in [0, 0.05) is 0 Å². The number of carbonyl (C=O) groups is 3. The summed E-state index contributed by atoms with van der Waals surface area (Å²) >= 11 is 1.00. The Balaban J connectivity index is 2.92. The highest BCUT2D eigenvalue weighted by atomic mass is 32.2. The number of allylic oxidation sites excluding steroid dienone is 2. The van der Waals surface area contributed by atoms with Gasteiger partial charge in [0.05, 0.1) is 23.8 Å². The van der Waals surface area contributed by atoms with Gasteiger partial charge in [-0.25, -0.2) is 9.59 Å². The molecule has 0 saturated heterocycles. The molecule has 0 aromatic rings. The van der Waals surface area contributed by atoms with Gasteiger partial charge in [0.2, 0.25) is 0 Å². The summed E-state index contributed by atoms with van der Waals surface area (Å²) in [6, 6.07) is 0. The minimum absolute atomic E-state index is 0.176. The van der Waals surface area contributed by atoms with Crippen molar-refractivity contribution in [3.8, 4) is 0 Å². The number of amides is 1. The topological polar surface area (TPSA) is 90.9 Å². The third-order valence-corrected chi connectivity index (χ3v) is 3.75. The molecule has 1 heterocycles. The van der Waals surface area contributed by atoms with Crippen LogP contribution in [-0.2, 0) is 23.8 Å². The fraction of sp³-hybridized carbons (Fsp3) is 0.562. The van der Waals surface area contributed by atoms with Crippen molar-refractivity contribution in [3.63, 3.8) is 0 Å². The van der Waals surface area contributed by atoms with Crippen LogP contribution >= 0.6 is 11.8 Å². The highest BCUT2D eigenvalue weighted by Gasteiger charge is 2.34. The van der Waals surface area contributed by atoms with Crippen molar-refractivity contribution in [3.05, 3.63) is 22.8 Å². The summed E-state index contributed by atoms with van der Waals surface area (Å²) in [6.45, 7) is 8.97. The Bertz CT molecular complexity index is 561. The number of nitrogens with one attached hydrogen (secondary N) is 1. The minimum atomic E-state index is -0.904. The van der Waals surface area contributed by atoms with E-state index in [4.69, 9.17) is 14.2 Å². The monoisotopic (exact) mass is 357 g/mol. The second-order valence-corrected chi connectivity index (χ2v) is 6.90. The van der Waals surface area contributed by atoms with Crippen LogP contribution in [-0.4, -0.2) is 42.1 Å². The van der Waals surface area contributed by atoms with Crippen LogP contribution in [0.1, 0.15) is 34.6 Å². The van der Waals surface area contributed by atoms with Crippen LogP contribution in [0.25, 0.3) is 0 Å². The first-order valence-electron chi connectivity index (χ1n) is 7.60. The molecule has 1 aliphatic heterocycles. The molecular formula is C16H23NO6S. The lowest BCUT2D eigenvalue weighted by Crippen LogP contribution is -2.34. The number of esters is 2. The summed E-state index contributed by atoms with van der Waals surface area (Å²) in [5, 5.41) is 2.03. The molecule has 1 unspecified atom stereocenters. The molecule has 24 heavy (non-hydrogen) atoms. The van der Waals surface area contributed by atoms with E-state index in [2.05, 4.69) is 5.32 Å². The van der Waals surface area contributed by atoms with Crippen LogP contribution in [0.5, 0.6) is 0 Å². The molecule has 1 aliphatic rings. The zero-order valence-corrected chi connectivity index (χ0v) is 15.3. The zero-order chi connectivity index (χ0) is 18.3. The molecule has 0 fully saturated rings. The highest BCUT2D eigenvalue weighted by molar-refractivity contribution is 8.04. The normalized spacial score (nSPS) is 17.3. The number of hydrogen-bond donors (Lipinski definition) is 1. The van der Waals surface area contributed by atoms with E-state index < -0.39 is 28.9 Å². The maximum atomic E-state index is 12.1. The summed E-state index contributed by atoms with van der Waals surface area (Å²) in [5.74, 6) is -1.16. The number of ether oxygens (including phenoxy) is 3. The van der Waals surface area contributed by atoms with E-state index in [1.807, 2.05) is 0 Å². The van der Waals surface area contributed by atoms with Gasteiger partial charge in [-0.05, 0) is 46.8 Å². The molecule has 0 spiro atoms. The van der Waals surface area contributed by atoms with Crippen molar-refractivity contribution in [1.82, 2.24) is 5.32 Å². The van der Waals surface area contributed by atoms with Gasteiger partial charge in [-0.2, -0.15) is 0 Å². The van der Waals surface area contributed by atoms with E-state index in [1.165, 1.54) is 12.2 Å². The van der Waals surface area contributed by atoms with Gasteiger partial charge in [-0.1, -0.05) is 11.8 Å².